The molecule has 0 fully saturated rings. The van der Waals surface area contributed by atoms with Crippen molar-refractivity contribution >= 4 is 17.7 Å². The summed E-state index contributed by atoms with van der Waals surface area (Å²) in [5, 5.41) is 2.45. The van der Waals surface area contributed by atoms with Crippen molar-refractivity contribution in [2.75, 3.05) is 18.6 Å². The molecule has 2 rings (SSSR count). The molecule has 1 aliphatic heterocycles. The topological polar surface area (TPSA) is 77.1 Å². The summed E-state index contributed by atoms with van der Waals surface area (Å²) < 4.78 is 39.6. The third kappa shape index (κ3) is 4.94. The monoisotopic (exact) mass is 358 g/mol. The van der Waals surface area contributed by atoms with E-state index >= 15 is 0 Å². The Morgan fingerprint density at radius 2 is 2.08 bits per heavy atom. The third-order valence-electron chi connectivity index (χ3n) is 3.24. The lowest BCUT2D eigenvalue weighted by Gasteiger charge is -2.23. The van der Waals surface area contributed by atoms with Gasteiger partial charge in [0.15, 0.2) is 0 Å². The number of fused-ring (bicyclic) bond motifs is 1. The molecule has 1 atom stereocenters. The fourth-order valence-corrected chi connectivity index (χ4v) is 2.21. The summed E-state index contributed by atoms with van der Waals surface area (Å²) in [7, 11) is 1.49. The molecule has 9 heteroatoms. The molecule has 0 aliphatic carbocycles. The van der Waals surface area contributed by atoms with Gasteiger partial charge in [0.05, 0.1) is 5.69 Å². The number of halogens is 2. The Morgan fingerprint density at radius 3 is 2.68 bits per heavy atom. The lowest BCUT2D eigenvalue weighted by molar-refractivity contribution is -0.120. The zero-order chi connectivity index (χ0) is 18.8. The Labute approximate surface area is 143 Å². The number of likely N-dealkylation sites (N-methyl/N-ethyl adjacent to an activating group) is 1. The van der Waals surface area contributed by atoms with Gasteiger partial charge in [-0.1, -0.05) is 0 Å². The number of benzene rings is 1. The van der Waals surface area contributed by atoms with E-state index in [1.807, 2.05) is 0 Å². The Kier molecular flexibility index (Phi) is 5.34. The summed E-state index contributed by atoms with van der Waals surface area (Å²) in [5.41, 5.74) is -0.338. The largest absolute Gasteiger partial charge is 0.489 e. The second kappa shape index (κ2) is 7.12. The minimum atomic E-state index is -2.97. The molecule has 2 amide bonds. The number of amides is 2. The van der Waals surface area contributed by atoms with E-state index in [9.17, 15) is 18.4 Å². The van der Waals surface area contributed by atoms with Crippen LogP contribution in [0.2, 0.25) is 0 Å². The number of alkyl halides is 2. The molecule has 0 aromatic heterocycles. The molecule has 7 nitrogen and oxygen atoms in total. The van der Waals surface area contributed by atoms with Crippen LogP contribution >= 0.6 is 0 Å². The number of hydrogen-bond acceptors (Lipinski definition) is 5. The summed E-state index contributed by atoms with van der Waals surface area (Å²) in [6, 6.07) is 3.02. The molecule has 1 aromatic rings. The Balaban J connectivity index is 2.15. The zero-order valence-corrected chi connectivity index (χ0v) is 14.3. The first-order valence-electron chi connectivity index (χ1n) is 7.55. The zero-order valence-electron chi connectivity index (χ0n) is 14.3. The molecule has 0 unspecified atom stereocenters. The van der Waals surface area contributed by atoms with Gasteiger partial charge in [0.1, 0.15) is 29.7 Å². The molecule has 138 valence electrons. The molecule has 1 aliphatic rings. The number of nitrogens with zero attached hydrogens (tertiary/aromatic N) is 1. The van der Waals surface area contributed by atoms with Crippen molar-refractivity contribution in [3.63, 3.8) is 0 Å². The predicted octanol–water partition coefficient (Wildman–Crippen LogP) is 2.54. The van der Waals surface area contributed by atoms with Crippen LogP contribution in [0, 0.1) is 0 Å². The molecule has 0 saturated heterocycles. The van der Waals surface area contributed by atoms with Crippen LogP contribution in [0.5, 0.6) is 11.5 Å². The van der Waals surface area contributed by atoms with E-state index in [2.05, 4.69) is 10.1 Å². The van der Waals surface area contributed by atoms with Crippen LogP contribution < -0.4 is 19.7 Å². The quantitative estimate of drug-likeness (QED) is 0.899. The summed E-state index contributed by atoms with van der Waals surface area (Å²) >= 11 is 0. The van der Waals surface area contributed by atoms with Crippen LogP contribution in [-0.2, 0) is 9.53 Å². The van der Waals surface area contributed by atoms with Crippen molar-refractivity contribution in [2.24, 2.45) is 0 Å². The van der Waals surface area contributed by atoms with Gasteiger partial charge in [-0.3, -0.25) is 4.79 Å². The Morgan fingerprint density at radius 1 is 1.40 bits per heavy atom. The molecule has 0 spiro atoms. The van der Waals surface area contributed by atoms with E-state index in [-0.39, 0.29) is 18.1 Å². The predicted molar refractivity (Wildman–Crippen MR) is 85.1 cm³/mol. The average molecular weight is 358 g/mol. The Bertz CT molecular complexity index is 660. The maximum atomic E-state index is 12.5. The molecule has 1 N–H and O–H groups in total. The van der Waals surface area contributed by atoms with Gasteiger partial charge in [0, 0.05) is 13.1 Å². The number of rotatable bonds is 3. The lowest BCUT2D eigenvalue weighted by Crippen LogP contribution is -2.50. The molecule has 0 bridgehead atoms. The molecule has 25 heavy (non-hydrogen) atoms. The van der Waals surface area contributed by atoms with Gasteiger partial charge in [-0.2, -0.15) is 8.78 Å². The fraction of sp³-hybridized carbons (Fsp3) is 0.500. The first-order valence-corrected chi connectivity index (χ1v) is 7.55. The van der Waals surface area contributed by atoms with Crippen molar-refractivity contribution < 1.29 is 32.6 Å². The van der Waals surface area contributed by atoms with E-state index in [1.54, 1.807) is 20.8 Å². The van der Waals surface area contributed by atoms with Crippen molar-refractivity contribution in [1.29, 1.82) is 0 Å². The van der Waals surface area contributed by atoms with Gasteiger partial charge < -0.3 is 24.4 Å². The van der Waals surface area contributed by atoms with Crippen molar-refractivity contribution in [1.82, 2.24) is 5.32 Å². The van der Waals surface area contributed by atoms with Crippen LogP contribution in [-0.4, -0.2) is 43.9 Å². The highest BCUT2D eigenvalue weighted by molar-refractivity contribution is 6.00. The minimum absolute atomic E-state index is 0.0897. The van der Waals surface area contributed by atoms with Crippen LogP contribution in [0.1, 0.15) is 20.8 Å². The number of anilines is 1. The summed E-state index contributed by atoms with van der Waals surface area (Å²) in [4.78, 5) is 25.6. The van der Waals surface area contributed by atoms with Gasteiger partial charge in [-0.05, 0) is 32.9 Å². The molecule has 0 saturated carbocycles. The van der Waals surface area contributed by atoms with E-state index in [0.29, 0.717) is 5.69 Å². The van der Waals surface area contributed by atoms with Crippen molar-refractivity contribution in [3.8, 4) is 11.5 Å². The maximum Gasteiger partial charge on any atom is 0.408 e. The average Bonchev–Trinajstić information content (AvgIpc) is 2.57. The van der Waals surface area contributed by atoms with Crippen LogP contribution in [0.4, 0.5) is 19.3 Å². The normalized spacial score (nSPS) is 17.5. The molecular weight excluding hydrogens is 338 g/mol. The number of hydrogen-bond donors (Lipinski definition) is 1. The highest BCUT2D eigenvalue weighted by Gasteiger charge is 2.32. The van der Waals surface area contributed by atoms with Gasteiger partial charge in [-0.15, -0.1) is 0 Å². The lowest BCUT2D eigenvalue weighted by atomic mass is 10.2. The van der Waals surface area contributed by atoms with Gasteiger partial charge in [0.25, 0.3) is 5.91 Å². The first-order chi connectivity index (χ1) is 11.6. The number of nitrogens with one attached hydrogen (secondary N) is 1. The van der Waals surface area contributed by atoms with Crippen molar-refractivity contribution in [2.45, 2.75) is 39.0 Å². The second-order valence-electron chi connectivity index (χ2n) is 6.42. The second-order valence-corrected chi connectivity index (χ2v) is 6.42. The molecule has 1 aromatic carbocycles. The van der Waals surface area contributed by atoms with Crippen LogP contribution in [0.25, 0.3) is 0 Å². The highest BCUT2D eigenvalue weighted by Crippen LogP contribution is 2.34. The smallest absolute Gasteiger partial charge is 0.408 e. The van der Waals surface area contributed by atoms with E-state index in [0.717, 1.165) is 0 Å². The molecule has 0 radical (unpaired) electrons. The molecule has 1 heterocycles. The maximum absolute atomic E-state index is 12.5. The minimum Gasteiger partial charge on any atom is -0.489 e. The molecular formula is C16H20F2N2O5. The summed E-state index contributed by atoms with van der Waals surface area (Å²) in [6.07, 6.45) is -0.754. The van der Waals surface area contributed by atoms with E-state index < -0.39 is 30.3 Å². The third-order valence-corrected chi connectivity index (χ3v) is 3.24. The summed E-state index contributed by atoms with van der Waals surface area (Å²) in [5.74, 6) is -0.317. The number of carbonyl (C=O) groups excluding carboxylic acids is 2. The Hall–Kier alpha value is -2.58. The van der Waals surface area contributed by atoms with Crippen LogP contribution in [0.3, 0.4) is 0 Å². The van der Waals surface area contributed by atoms with E-state index in [1.165, 1.54) is 30.1 Å². The number of alkyl carbamates (subject to hydrolysis) is 1. The SMILES string of the molecule is CN1C(=O)[C@@H](NC(=O)OC(C)(C)C)COc2cc(OC(F)F)ccc21. The van der Waals surface area contributed by atoms with Gasteiger partial charge in [-0.25, -0.2) is 4.79 Å². The summed E-state index contributed by atoms with van der Waals surface area (Å²) in [6.45, 7) is 1.96. The first kappa shape index (κ1) is 18.8. The fourth-order valence-electron chi connectivity index (χ4n) is 2.21. The van der Waals surface area contributed by atoms with E-state index in [4.69, 9.17) is 9.47 Å². The van der Waals surface area contributed by atoms with Gasteiger partial charge >= 0.3 is 12.7 Å². The highest BCUT2D eigenvalue weighted by atomic mass is 19.3. The number of ether oxygens (including phenoxy) is 3. The standard InChI is InChI=1S/C16H20F2N2O5/c1-16(2,3)25-15(22)19-10-8-23-12-7-9(24-14(17)18)5-6-11(12)20(4)13(10)21/h5-7,10,14H,8H2,1-4H3,(H,19,22)/t10-/m0/s1. The number of carbonyl (C=O) groups is 2. The van der Waals surface area contributed by atoms with Crippen molar-refractivity contribution in [3.05, 3.63) is 18.2 Å². The van der Waals surface area contributed by atoms with Crippen LogP contribution in [0.15, 0.2) is 18.2 Å². The van der Waals surface area contributed by atoms with Gasteiger partial charge in [0.2, 0.25) is 0 Å².